The normalized spacial score (nSPS) is 21.5. The maximum Gasteiger partial charge on any atom is 0.271 e. The van der Waals surface area contributed by atoms with Crippen molar-refractivity contribution in [1.82, 2.24) is 14.8 Å². The van der Waals surface area contributed by atoms with Crippen LogP contribution in [0.5, 0.6) is 5.75 Å². The minimum Gasteiger partial charge on any atom is -0.496 e. The second-order valence-electron chi connectivity index (χ2n) is 10.2. The monoisotopic (exact) mass is 477 g/mol. The Morgan fingerprint density at radius 2 is 1.86 bits per heavy atom. The summed E-state index contributed by atoms with van der Waals surface area (Å²) in [5.74, 6) is 0.515. The molecule has 2 aromatic rings. The molecule has 4 rings (SSSR count). The van der Waals surface area contributed by atoms with E-state index >= 15 is 0 Å². The van der Waals surface area contributed by atoms with Crippen LogP contribution in [0, 0.1) is 6.92 Å². The summed E-state index contributed by atoms with van der Waals surface area (Å²) in [4.78, 5) is 29.7. The Labute approximate surface area is 209 Å². The lowest BCUT2D eigenvalue weighted by Gasteiger charge is -2.45. The van der Waals surface area contributed by atoms with Crippen molar-refractivity contribution in [2.75, 3.05) is 7.11 Å². The lowest BCUT2D eigenvalue weighted by Crippen LogP contribution is -2.64. The van der Waals surface area contributed by atoms with E-state index in [1.165, 1.54) is 19.3 Å². The molecule has 6 nitrogen and oxygen atoms in total. The van der Waals surface area contributed by atoms with E-state index < -0.39 is 5.54 Å². The Balaban J connectivity index is 1.72. The molecule has 0 bridgehead atoms. The fourth-order valence-corrected chi connectivity index (χ4v) is 5.57. The maximum atomic E-state index is 14.0. The Kier molecular flexibility index (Phi) is 7.68. The van der Waals surface area contributed by atoms with E-state index in [0.717, 1.165) is 48.3 Å². The van der Waals surface area contributed by atoms with Gasteiger partial charge in [0.15, 0.2) is 0 Å². The maximum absolute atomic E-state index is 14.0. The molecule has 2 heterocycles. The smallest absolute Gasteiger partial charge is 0.271 e. The number of rotatable bonds is 6. The van der Waals surface area contributed by atoms with Gasteiger partial charge in [-0.05, 0) is 57.4 Å². The number of benzene rings is 1. The number of carbonyl (C=O) groups excluding carboxylic acids is 2. The largest absolute Gasteiger partial charge is 0.496 e. The van der Waals surface area contributed by atoms with Gasteiger partial charge in [0.25, 0.3) is 5.91 Å². The molecule has 1 aromatic heterocycles. The first-order valence-corrected chi connectivity index (χ1v) is 13.0. The van der Waals surface area contributed by atoms with Crippen molar-refractivity contribution in [3.63, 3.8) is 0 Å². The van der Waals surface area contributed by atoms with Gasteiger partial charge in [0, 0.05) is 17.3 Å². The van der Waals surface area contributed by atoms with Crippen molar-refractivity contribution in [2.24, 2.45) is 0 Å². The molecule has 0 saturated heterocycles. The van der Waals surface area contributed by atoms with E-state index in [2.05, 4.69) is 5.32 Å². The van der Waals surface area contributed by atoms with E-state index in [0.29, 0.717) is 18.8 Å². The van der Waals surface area contributed by atoms with E-state index in [1.807, 2.05) is 67.8 Å². The van der Waals surface area contributed by atoms with Gasteiger partial charge in [-0.25, -0.2) is 0 Å². The fourth-order valence-electron chi connectivity index (χ4n) is 5.57. The summed E-state index contributed by atoms with van der Waals surface area (Å²) in [5.41, 5.74) is 2.50. The van der Waals surface area contributed by atoms with Crippen molar-refractivity contribution >= 4 is 17.9 Å². The first kappa shape index (κ1) is 25.1. The summed E-state index contributed by atoms with van der Waals surface area (Å²) >= 11 is 0. The second kappa shape index (κ2) is 10.7. The first-order chi connectivity index (χ1) is 16.9. The zero-order valence-corrected chi connectivity index (χ0v) is 21.6. The molecule has 2 aliphatic rings. The van der Waals surface area contributed by atoms with Crippen LogP contribution in [0.25, 0.3) is 6.08 Å². The molecule has 1 unspecified atom stereocenters. The highest BCUT2D eigenvalue weighted by atomic mass is 16.5. The van der Waals surface area contributed by atoms with Gasteiger partial charge in [-0.2, -0.15) is 0 Å². The molecule has 1 saturated carbocycles. The zero-order chi connectivity index (χ0) is 25.0. The van der Waals surface area contributed by atoms with Crippen molar-refractivity contribution in [3.05, 3.63) is 58.9 Å². The van der Waals surface area contributed by atoms with Gasteiger partial charge in [0.05, 0.1) is 20.2 Å². The number of allylic oxidation sites excluding steroid dienone is 1. The van der Waals surface area contributed by atoms with Crippen LogP contribution in [-0.4, -0.2) is 40.0 Å². The van der Waals surface area contributed by atoms with Crippen LogP contribution in [0.15, 0.2) is 36.4 Å². The van der Waals surface area contributed by atoms with E-state index in [1.54, 1.807) is 12.0 Å². The number of ether oxygens (including phenoxy) is 1. The van der Waals surface area contributed by atoms with Gasteiger partial charge in [0.2, 0.25) is 5.91 Å². The Hall–Kier alpha value is -3.02. The van der Waals surface area contributed by atoms with Crippen LogP contribution in [0.3, 0.4) is 0 Å². The number of nitrogens with zero attached hydrogens (tertiary/aromatic N) is 2. The minimum absolute atomic E-state index is 0.0743. The second-order valence-corrected chi connectivity index (χ2v) is 10.2. The Morgan fingerprint density at radius 3 is 2.54 bits per heavy atom. The Bertz CT molecular complexity index is 1090. The number of carbonyl (C=O) groups is 2. The van der Waals surface area contributed by atoms with Crippen molar-refractivity contribution in [2.45, 2.75) is 90.4 Å². The van der Waals surface area contributed by atoms with Crippen molar-refractivity contribution in [1.29, 1.82) is 0 Å². The number of hydrogen-bond acceptors (Lipinski definition) is 3. The number of hydrogen-bond donors (Lipinski definition) is 1. The molecule has 2 amide bonds. The standard InChI is InChI=1S/C29H39N3O3/c1-5-13-24-21(2)18-25-27(33)32(19-22-14-11-12-17-26(22)35-4)29(3,20-31(24)25)28(34)30-23-15-9-7-6-8-10-16-23/h5,11-14,17-18,23H,6-10,15-16,19-20H2,1-4H3,(H,30,34)/b13-5-. The van der Waals surface area contributed by atoms with Gasteiger partial charge in [-0.1, -0.05) is 56.4 Å². The van der Waals surface area contributed by atoms with Gasteiger partial charge in [-0.15, -0.1) is 0 Å². The lowest BCUT2D eigenvalue weighted by molar-refractivity contribution is -0.134. The number of fused-ring (bicyclic) bond motifs is 1. The average molecular weight is 478 g/mol. The van der Waals surface area contributed by atoms with Crippen LogP contribution in [0.2, 0.25) is 0 Å². The Morgan fingerprint density at radius 1 is 1.17 bits per heavy atom. The van der Waals surface area contributed by atoms with E-state index in [4.69, 9.17) is 4.74 Å². The molecule has 188 valence electrons. The number of para-hydroxylation sites is 1. The summed E-state index contributed by atoms with van der Waals surface area (Å²) < 4.78 is 7.59. The summed E-state index contributed by atoms with van der Waals surface area (Å²) in [7, 11) is 1.63. The number of nitrogens with one attached hydrogen (secondary N) is 1. The molecule has 1 N–H and O–H groups in total. The highest BCUT2D eigenvalue weighted by Crippen LogP contribution is 2.34. The average Bonchev–Trinajstić information content (AvgIpc) is 3.13. The third-order valence-corrected chi connectivity index (χ3v) is 7.64. The van der Waals surface area contributed by atoms with Gasteiger partial charge in [-0.3, -0.25) is 9.59 Å². The predicted molar refractivity (Wildman–Crippen MR) is 139 cm³/mol. The number of aromatic nitrogens is 1. The topological polar surface area (TPSA) is 63.6 Å². The molecule has 1 aromatic carbocycles. The molecule has 1 atom stereocenters. The van der Waals surface area contributed by atoms with Crippen LogP contribution in [0.1, 0.15) is 86.1 Å². The SMILES string of the molecule is C/C=C\c1c(C)cc2n1CC(C)(C(=O)NC1CCCCCCC1)N(Cc1ccccc1OC)C2=O. The summed E-state index contributed by atoms with van der Waals surface area (Å²) in [6.45, 7) is 6.62. The molecule has 35 heavy (non-hydrogen) atoms. The summed E-state index contributed by atoms with van der Waals surface area (Å²) in [6, 6.07) is 9.81. The lowest BCUT2D eigenvalue weighted by atomic mass is 9.91. The third-order valence-electron chi connectivity index (χ3n) is 7.64. The number of amides is 2. The van der Waals surface area contributed by atoms with Crippen LogP contribution in [0.4, 0.5) is 0 Å². The van der Waals surface area contributed by atoms with Gasteiger partial charge < -0.3 is 19.5 Å². The fraction of sp³-hybridized carbons (Fsp3) is 0.517. The molecule has 6 heteroatoms. The molecular weight excluding hydrogens is 438 g/mol. The van der Waals surface area contributed by atoms with Gasteiger partial charge >= 0.3 is 0 Å². The van der Waals surface area contributed by atoms with Crippen LogP contribution < -0.4 is 10.1 Å². The highest BCUT2D eigenvalue weighted by molar-refractivity contribution is 6.00. The zero-order valence-electron chi connectivity index (χ0n) is 21.6. The quantitative estimate of drug-likeness (QED) is 0.599. The summed E-state index contributed by atoms with van der Waals surface area (Å²) in [6.07, 6.45) is 12.0. The number of aryl methyl sites for hydroxylation is 1. The summed E-state index contributed by atoms with van der Waals surface area (Å²) in [5, 5.41) is 3.36. The third kappa shape index (κ3) is 5.02. The molecule has 0 radical (unpaired) electrons. The molecule has 1 aliphatic carbocycles. The first-order valence-electron chi connectivity index (χ1n) is 13.0. The van der Waals surface area contributed by atoms with Crippen molar-refractivity contribution in [3.8, 4) is 5.75 Å². The molecule has 0 spiro atoms. The van der Waals surface area contributed by atoms with Crippen LogP contribution >= 0.6 is 0 Å². The van der Waals surface area contributed by atoms with Gasteiger partial charge in [0.1, 0.15) is 17.0 Å². The number of methoxy groups -OCH3 is 1. The van der Waals surface area contributed by atoms with E-state index in [-0.39, 0.29) is 17.9 Å². The molecular formula is C29H39N3O3. The van der Waals surface area contributed by atoms with Crippen molar-refractivity contribution < 1.29 is 14.3 Å². The van der Waals surface area contributed by atoms with E-state index in [9.17, 15) is 9.59 Å². The minimum atomic E-state index is -1.03. The van der Waals surface area contributed by atoms with Crippen LogP contribution in [-0.2, 0) is 17.9 Å². The molecule has 1 fully saturated rings. The highest BCUT2D eigenvalue weighted by Gasteiger charge is 2.48. The predicted octanol–water partition coefficient (Wildman–Crippen LogP) is 5.48. The molecule has 1 aliphatic heterocycles.